The van der Waals surface area contributed by atoms with Gasteiger partial charge in [0.05, 0.1) is 6.54 Å². The van der Waals surface area contributed by atoms with Gasteiger partial charge in [-0.25, -0.2) is 9.37 Å². The van der Waals surface area contributed by atoms with Gasteiger partial charge in [0, 0.05) is 30.4 Å². The number of nitrogens with zero attached hydrogens (tertiary/aromatic N) is 4. The van der Waals surface area contributed by atoms with Gasteiger partial charge >= 0.3 is 5.97 Å². The van der Waals surface area contributed by atoms with Crippen LogP contribution in [-0.2, 0) is 17.8 Å². The zero-order valence-electron chi connectivity index (χ0n) is 13.9. The number of aryl methyl sites for hydroxylation is 1. The van der Waals surface area contributed by atoms with Gasteiger partial charge in [-0.15, -0.1) is 0 Å². The van der Waals surface area contributed by atoms with Crippen molar-refractivity contribution >= 4 is 5.97 Å². The molecule has 0 amide bonds. The van der Waals surface area contributed by atoms with Gasteiger partial charge < -0.3 is 4.74 Å². The fourth-order valence-electron chi connectivity index (χ4n) is 2.35. The standard InChI is InChI=1S/C18H17FN4O2/c1-3-13-10-20-17(21-18(13)25-12(2)24)16-8-9-23(22-16)11-14-6-4-5-7-15(14)19/h4-10H,3,11H2,1-2H3. The summed E-state index contributed by atoms with van der Waals surface area (Å²) in [7, 11) is 0. The molecule has 6 nitrogen and oxygen atoms in total. The quantitative estimate of drug-likeness (QED) is 0.668. The van der Waals surface area contributed by atoms with E-state index >= 15 is 0 Å². The molecular formula is C18H17FN4O2. The van der Waals surface area contributed by atoms with E-state index in [1.165, 1.54) is 13.0 Å². The molecule has 0 spiro atoms. The van der Waals surface area contributed by atoms with Crippen molar-refractivity contribution in [2.75, 3.05) is 0 Å². The lowest BCUT2D eigenvalue weighted by atomic mass is 10.2. The third-order valence-electron chi connectivity index (χ3n) is 3.61. The Bertz CT molecular complexity index is 908. The van der Waals surface area contributed by atoms with Crippen LogP contribution in [0.25, 0.3) is 11.5 Å². The summed E-state index contributed by atoms with van der Waals surface area (Å²) in [5.41, 5.74) is 1.80. The zero-order valence-corrected chi connectivity index (χ0v) is 13.9. The van der Waals surface area contributed by atoms with Gasteiger partial charge in [-0.3, -0.25) is 9.48 Å². The number of rotatable bonds is 5. The average molecular weight is 340 g/mol. The number of ether oxygens (including phenoxy) is 1. The Morgan fingerprint density at radius 1 is 1.24 bits per heavy atom. The van der Waals surface area contributed by atoms with Gasteiger partial charge in [0.2, 0.25) is 5.88 Å². The average Bonchev–Trinajstić information content (AvgIpc) is 3.05. The van der Waals surface area contributed by atoms with Crippen molar-refractivity contribution in [3.8, 4) is 17.4 Å². The minimum Gasteiger partial charge on any atom is -0.407 e. The van der Waals surface area contributed by atoms with Crippen molar-refractivity contribution in [2.24, 2.45) is 0 Å². The first-order valence-corrected chi connectivity index (χ1v) is 7.88. The fraction of sp³-hybridized carbons (Fsp3) is 0.222. The van der Waals surface area contributed by atoms with Crippen molar-refractivity contribution < 1.29 is 13.9 Å². The first-order chi connectivity index (χ1) is 12.1. The summed E-state index contributed by atoms with van der Waals surface area (Å²) in [6.45, 7) is 3.55. The number of aromatic nitrogens is 4. The van der Waals surface area contributed by atoms with Crippen LogP contribution in [0.1, 0.15) is 25.0 Å². The molecule has 25 heavy (non-hydrogen) atoms. The van der Waals surface area contributed by atoms with Crippen molar-refractivity contribution in [1.29, 1.82) is 0 Å². The summed E-state index contributed by atoms with van der Waals surface area (Å²) < 4.78 is 20.5. The molecule has 0 N–H and O–H groups in total. The van der Waals surface area contributed by atoms with E-state index in [0.29, 0.717) is 30.0 Å². The van der Waals surface area contributed by atoms with Crippen LogP contribution in [0.2, 0.25) is 0 Å². The lowest BCUT2D eigenvalue weighted by Gasteiger charge is -2.07. The van der Waals surface area contributed by atoms with Gasteiger partial charge in [0.25, 0.3) is 0 Å². The Morgan fingerprint density at radius 3 is 2.76 bits per heavy atom. The van der Waals surface area contributed by atoms with E-state index in [2.05, 4.69) is 15.1 Å². The van der Waals surface area contributed by atoms with E-state index in [-0.39, 0.29) is 11.7 Å². The Labute approximate surface area is 144 Å². The SMILES string of the molecule is CCc1cnc(-c2ccn(Cc3ccccc3F)n2)nc1OC(C)=O. The first kappa shape index (κ1) is 16.8. The Kier molecular flexibility index (Phi) is 4.83. The van der Waals surface area contributed by atoms with Crippen LogP contribution < -0.4 is 4.74 Å². The number of esters is 1. The highest BCUT2D eigenvalue weighted by atomic mass is 19.1. The topological polar surface area (TPSA) is 69.9 Å². The molecule has 0 fully saturated rings. The van der Waals surface area contributed by atoms with E-state index in [0.717, 1.165) is 5.56 Å². The molecule has 0 saturated heterocycles. The van der Waals surface area contributed by atoms with Gasteiger partial charge in [-0.1, -0.05) is 25.1 Å². The van der Waals surface area contributed by atoms with Crippen LogP contribution in [0.15, 0.2) is 42.7 Å². The predicted molar refractivity (Wildman–Crippen MR) is 89.4 cm³/mol. The second-order valence-corrected chi connectivity index (χ2v) is 5.46. The lowest BCUT2D eigenvalue weighted by Crippen LogP contribution is -2.07. The van der Waals surface area contributed by atoms with Crippen molar-refractivity contribution in [3.05, 3.63) is 59.7 Å². The highest BCUT2D eigenvalue weighted by Crippen LogP contribution is 2.21. The summed E-state index contributed by atoms with van der Waals surface area (Å²) >= 11 is 0. The molecular weight excluding hydrogens is 323 g/mol. The summed E-state index contributed by atoms with van der Waals surface area (Å²) in [5.74, 6) is -0.130. The monoisotopic (exact) mass is 340 g/mol. The molecule has 1 aromatic carbocycles. The lowest BCUT2D eigenvalue weighted by molar-refractivity contribution is -0.132. The molecule has 128 valence electrons. The van der Waals surface area contributed by atoms with Gasteiger partial charge in [-0.2, -0.15) is 10.1 Å². The number of carbonyl (C=O) groups is 1. The molecule has 0 bridgehead atoms. The van der Waals surface area contributed by atoms with Crippen molar-refractivity contribution in [1.82, 2.24) is 19.7 Å². The van der Waals surface area contributed by atoms with Crippen LogP contribution in [0.4, 0.5) is 4.39 Å². The number of halogens is 1. The van der Waals surface area contributed by atoms with Crippen LogP contribution in [-0.4, -0.2) is 25.7 Å². The van der Waals surface area contributed by atoms with E-state index in [1.807, 2.05) is 6.92 Å². The van der Waals surface area contributed by atoms with Crippen LogP contribution in [0.5, 0.6) is 5.88 Å². The normalized spacial score (nSPS) is 10.7. The van der Waals surface area contributed by atoms with Crippen LogP contribution >= 0.6 is 0 Å². The highest BCUT2D eigenvalue weighted by Gasteiger charge is 2.13. The highest BCUT2D eigenvalue weighted by molar-refractivity contribution is 5.69. The van der Waals surface area contributed by atoms with Crippen LogP contribution in [0.3, 0.4) is 0 Å². The molecule has 3 rings (SSSR count). The number of hydrogen-bond donors (Lipinski definition) is 0. The van der Waals surface area contributed by atoms with Crippen LogP contribution in [0, 0.1) is 5.82 Å². The van der Waals surface area contributed by atoms with Crippen molar-refractivity contribution in [2.45, 2.75) is 26.8 Å². The number of benzene rings is 1. The van der Waals surface area contributed by atoms with Gasteiger partial charge in [0.15, 0.2) is 5.82 Å². The Balaban J connectivity index is 1.87. The van der Waals surface area contributed by atoms with E-state index in [1.54, 1.807) is 41.3 Å². The molecule has 0 radical (unpaired) electrons. The largest absolute Gasteiger partial charge is 0.407 e. The maximum Gasteiger partial charge on any atom is 0.309 e. The third kappa shape index (κ3) is 3.88. The predicted octanol–water partition coefficient (Wildman–Crippen LogP) is 3.02. The molecule has 3 aromatic rings. The fourth-order valence-corrected chi connectivity index (χ4v) is 2.35. The summed E-state index contributed by atoms with van der Waals surface area (Å²) in [6, 6.07) is 8.28. The van der Waals surface area contributed by atoms with E-state index in [9.17, 15) is 9.18 Å². The maximum absolute atomic E-state index is 13.7. The first-order valence-electron chi connectivity index (χ1n) is 7.88. The van der Waals surface area contributed by atoms with Gasteiger partial charge in [-0.05, 0) is 18.6 Å². The summed E-state index contributed by atoms with van der Waals surface area (Å²) in [6.07, 6.45) is 3.99. The summed E-state index contributed by atoms with van der Waals surface area (Å²) in [4.78, 5) is 19.8. The second kappa shape index (κ2) is 7.21. The Hall–Kier alpha value is -3.09. The zero-order chi connectivity index (χ0) is 17.8. The van der Waals surface area contributed by atoms with E-state index in [4.69, 9.17) is 4.74 Å². The van der Waals surface area contributed by atoms with Gasteiger partial charge in [0.1, 0.15) is 11.5 Å². The molecule has 0 aliphatic carbocycles. The molecule has 0 aliphatic heterocycles. The molecule has 7 heteroatoms. The third-order valence-corrected chi connectivity index (χ3v) is 3.61. The maximum atomic E-state index is 13.7. The number of hydrogen-bond acceptors (Lipinski definition) is 5. The molecule has 2 aromatic heterocycles. The van der Waals surface area contributed by atoms with E-state index < -0.39 is 5.97 Å². The molecule has 2 heterocycles. The van der Waals surface area contributed by atoms with Crippen molar-refractivity contribution in [3.63, 3.8) is 0 Å². The molecule has 0 aliphatic rings. The second-order valence-electron chi connectivity index (χ2n) is 5.46. The minimum absolute atomic E-state index is 0.239. The summed E-state index contributed by atoms with van der Waals surface area (Å²) in [5, 5.41) is 4.38. The molecule has 0 atom stereocenters. The minimum atomic E-state index is -0.440. The Morgan fingerprint density at radius 2 is 2.04 bits per heavy atom. The molecule has 0 saturated carbocycles. The number of carbonyl (C=O) groups excluding carboxylic acids is 1. The molecule has 0 unspecified atom stereocenters. The smallest absolute Gasteiger partial charge is 0.309 e.